The van der Waals surface area contributed by atoms with Crippen molar-refractivity contribution in [1.29, 1.82) is 0 Å². The Morgan fingerprint density at radius 3 is 3.05 bits per heavy atom. The van der Waals surface area contributed by atoms with Gasteiger partial charge in [0.25, 0.3) is 5.91 Å². The van der Waals surface area contributed by atoms with E-state index in [1.807, 2.05) is 0 Å². The summed E-state index contributed by atoms with van der Waals surface area (Å²) < 4.78 is 7.17. The third-order valence-corrected chi connectivity index (χ3v) is 2.79. The maximum Gasteiger partial charge on any atom is 0.277 e. The van der Waals surface area contributed by atoms with Gasteiger partial charge in [-0.3, -0.25) is 4.79 Å². The Morgan fingerprint density at radius 1 is 1.47 bits per heavy atom. The summed E-state index contributed by atoms with van der Waals surface area (Å²) in [6.45, 7) is 1.75. The second kappa shape index (κ2) is 4.47. The molecule has 3 aromatic heterocycles. The fraction of sp³-hybridized carbons (Fsp3) is 0.0909. The van der Waals surface area contributed by atoms with E-state index in [2.05, 4.69) is 36.5 Å². The van der Waals surface area contributed by atoms with Crippen molar-refractivity contribution >= 4 is 33.3 Å². The number of fused-ring (bicyclic) bond motifs is 1. The molecule has 3 aromatic rings. The molecule has 0 unspecified atom stereocenters. The third-order valence-electron chi connectivity index (χ3n) is 2.38. The molecular formula is C11H8BrN5O2. The van der Waals surface area contributed by atoms with E-state index in [0.29, 0.717) is 17.2 Å². The van der Waals surface area contributed by atoms with Crippen LogP contribution in [0.15, 0.2) is 33.5 Å². The fourth-order valence-corrected chi connectivity index (χ4v) is 1.87. The monoisotopic (exact) mass is 321 g/mol. The molecule has 3 heterocycles. The van der Waals surface area contributed by atoms with Crippen LogP contribution >= 0.6 is 15.9 Å². The zero-order valence-electron chi connectivity index (χ0n) is 9.79. The minimum absolute atomic E-state index is 0.256. The van der Waals surface area contributed by atoms with Crippen LogP contribution < -0.4 is 5.32 Å². The van der Waals surface area contributed by atoms with Gasteiger partial charge in [-0.05, 0) is 22.9 Å². The number of aromatic nitrogens is 4. The van der Waals surface area contributed by atoms with Crippen LogP contribution in [0.3, 0.4) is 0 Å². The number of aryl methyl sites for hydroxylation is 1. The number of anilines is 1. The molecule has 96 valence electrons. The van der Waals surface area contributed by atoms with E-state index in [1.54, 1.807) is 31.5 Å². The van der Waals surface area contributed by atoms with Crippen molar-refractivity contribution in [3.8, 4) is 0 Å². The molecule has 1 amide bonds. The largest absolute Gasteiger partial charge is 0.360 e. The van der Waals surface area contributed by atoms with Crippen LogP contribution in [0.2, 0.25) is 0 Å². The molecular weight excluding hydrogens is 314 g/mol. The van der Waals surface area contributed by atoms with Gasteiger partial charge in [0, 0.05) is 24.5 Å². The van der Waals surface area contributed by atoms with Crippen LogP contribution in [0.1, 0.15) is 16.2 Å². The van der Waals surface area contributed by atoms with Crippen molar-refractivity contribution < 1.29 is 9.32 Å². The molecule has 0 fully saturated rings. The van der Waals surface area contributed by atoms with Crippen LogP contribution in [0.4, 0.5) is 5.82 Å². The lowest BCUT2D eigenvalue weighted by Gasteiger charge is -1.95. The first kappa shape index (κ1) is 11.8. The van der Waals surface area contributed by atoms with Crippen LogP contribution in [0.5, 0.6) is 0 Å². The Labute approximate surface area is 115 Å². The first-order valence-electron chi connectivity index (χ1n) is 5.37. The molecule has 0 atom stereocenters. The number of carbonyl (C=O) groups excluding carboxylic acids is 1. The number of nitrogens with zero attached hydrogens (tertiary/aromatic N) is 4. The molecule has 0 spiro atoms. The molecule has 1 N–H and O–H groups in total. The minimum Gasteiger partial charge on any atom is -0.360 e. The zero-order valence-corrected chi connectivity index (χ0v) is 11.4. The van der Waals surface area contributed by atoms with Gasteiger partial charge in [-0.1, -0.05) is 5.16 Å². The maximum atomic E-state index is 12.0. The summed E-state index contributed by atoms with van der Waals surface area (Å²) in [6, 6.07) is 3.22. The van der Waals surface area contributed by atoms with Gasteiger partial charge in [0.05, 0.1) is 4.47 Å². The number of nitrogens with one attached hydrogen (secondary N) is 1. The van der Waals surface area contributed by atoms with Gasteiger partial charge in [0.15, 0.2) is 17.2 Å². The van der Waals surface area contributed by atoms with Gasteiger partial charge in [0.1, 0.15) is 5.76 Å². The van der Waals surface area contributed by atoms with Crippen LogP contribution in [-0.2, 0) is 0 Å². The molecule has 3 rings (SSSR count). The summed E-state index contributed by atoms with van der Waals surface area (Å²) in [5, 5.41) is 10.4. The molecule has 0 radical (unpaired) electrons. The Kier molecular flexibility index (Phi) is 2.79. The smallest absolute Gasteiger partial charge is 0.277 e. The average molecular weight is 322 g/mol. The van der Waals surface area contributed by atoms with Crippen molar-refractivity contribution in [3.63, 3.8) is 0 Å². The van der Waals surface area contributed by atoms with Gasteiger partial charge < -0.3 is 9.84 Å². The van der Waals surface area contributed by atoms with Gasteiger partial charge in [-0.25, -0.2) is 9.50 Å². The van der Waals surface area contributed by atoms with Crippen LogP contribution in [0, 0.1) is 6.92 Å². The molecule has 0 aliphatic rings. The average Bonchev–Trinajstić information content (AvgIpc) is 2.95. The summed E-state index contributed by atoms with van der Waals surface area (Å²) in [4.78, 5) is 16.1. The Morgan fingerprint density at radius 2 is 2.32 bits per heavy atom. The predicted octanol–water partition coefficient (Wildman–Crippen LogP) is 2.04. The number of hydrogen-bond donors (Lipinski definition) is 1. The number of halogens is 1. The van der Waals surface area contributed by atoms with E-state index in [4.69, 9.17) is 4.52 Å². The van der Waals surface area contributed by atoms with E-state index in [9.17, 15) is 4.79 Å². The third kappa shape index (κ3) is 2.34. The van der Waals surface area contributed by atoms with Crippen molar-refractivity contribution in [2.75, 3.05) is 5.32 Å². The van der Waals surface area contributed by atoms with E-state index in [-0.39, 0.29) is 11.6 Å². The molecule has 8 heteroatoms. The number of amides is 1. The minimum atomic E-state index is -0.366. The highest BCUT2D eigenvalue weighted by Crippen LogP contribution is 2.12. The van der Waals surface area contributed by atoms with Crippen molar-refractivity contribution in [2.45, 2.75) is 6.92 Å². The second-order valence-electron chi connectivity index (χ2n) is 3.88. The molecule has 19 heavy (non-hydrogen) atoms. The topological polar surface area (TPSA) is 85.3 Å². The van der Waals surface area contributed by atoms with Gasteiger partial charge in [-0.2, -0.15) is 5.10 Å². The first-order chi connectivity index (χ1) is 9.11. The molecule has 0 aliphatic heterocycles. The van der Waals surface area contributed by atoms with Crippen molar-refractivity contribution in [2.24, 2.45) is 0 Å². The molecule has 0 aliphatic carbocycles. The molecule has 0 saturated carbocycles. The van der Waals surface area contributed by atoms with E-state index in [0.717, 1.165) is 4.47 Å². The molecule has 0 saturated heterocycles. The summed E-state index contributed by atoms with van der Waals surface area (Å²) >= 11 is 3.29. The van der Waals surface area contributed by atoms with Crippen LogP contribution in [0.25, 0.3) is 5.65 Å². The lowest BCUT2D eigenvalue weighted by molar-refractivity contribution is 0.102. The number of carbonyl (C=O) groups is 1. The highest BCUT2D eigenvalue weighted by atomic mass is 79.9. The standard InChI is InChI=1S/C11H8BrN5O2/c1-6-2-9(16-19-6)14-11(18)8-3-10-13-4-7(12)5-17(10)15-8/h2-5H,1H3,(H,14,16,18). The highest BCUT2D eigenvalue weighted by Gasteiger charge is 2.13. The fourth-order valence-electron chi connectivity index (χ4n) is 1.57. The lowest BCUT2D eigenvalue weighted by atomic mass is 10.4. The van der Waals surface area contributed by atoms with Gasteiger partial charge >= 0.3 is 0 Å². The SMILES string of the molecule is Cc1cc(NC(=O)c2cc3ncc(Br)cn3n2)no1. The van der Waals surface area contributed by atoms with E-state index < -0.39 is 0 Å². The lowest BCUT2D eigenvalue weighted by Crippen LogP contribution is -2.12. The summed E-state index contributed by atoms with van der Waals surface area (Å²) in [7, 11) is 0. The van der Waals surface area contributed by atoms with Crippen LogP contribution in [-0.4, -0.2) is 25.7 Å². The molecule has 7 nitrogen and oxygen atoms in total. The van der Waals surface area contributed by atoms with Gasteiger partial charge in [0.2, 0.25) is 0 Å². The predicted molar refractivity (Wildman–Crippen MR) is 69.9 cm³/mol. The highest BCUT2D eigenvalue weighted by molar-refractivity contribution is 9.10. The van der Waals surface area contributed by atoms with Crippen molar-refractivity contribution in [3.05, 3.63) is 40.5 Å². The van der Waals surface area contributed by atoms with Gasteiger partial charge in [-0.15, -0.1) is 0 Å². The zero-order chi connectivity index (χ0) is 13.4. The number of hydrogen-bond acceptors (Lipinski definition) is 5. The number of rotatable bonds is 2. The second-order valence-corrected chi connectivity index (χ2v) is 4.80. The molecule has 0 bridgehead atoms. The normalized spacial score (nSPS) is 10.8. The van der Waals surface area contributed by atoms with E-state index >= 15 is 0 Å². The van der Waals surface area contributed by atoms with Crippen molar-refractivity contribution in [1.82, 2.24) is 19.8 Å². The summed E-state index contributed by atoms with van der Waals surface area (Å²) in [5.41, 5.74) is 0.843. The Bertz CT molecular complexity index is 763. The Hall–Kier alpha value is -2.22. The quantitative estimate of drug-likeness (QED) is 0.780. The maximum absolute atomic E-state index is 12.0. The van der Waals surface area contributed by atoms with E-state index in [1.165, 1.54) is 4.52 Å². The summed E-state index contributed by atoms with van der Waals surface area (Å²) in [5.74, 6) is 0.611. The summed E-state index contributed by atoms with van der Waals surface area (Å²) in [6.07, 6.45) is 3.36. The first-order valence-corrected chi connectivity index (χ1v) is 6.17. The molecule has 0 aromatic carbocycles. The Balaban J connectivity index is 1.89.